The van der Waals surface area contributed by atoms with E-state index in [9.17, 15) is 9.90 Å². The van der Waals surface area contributed by atoms with Crippen molar-refractivity contribution in [3.05, 3.63) is 48.5 Å². The van der Waals surface area contributed by atoms with Crippen LogP contribution in [0.25, 0.3) is 0 Å². The number of hydrogen-bond donors (Lipinski definition) is 2. The highest BCUT2D eigenvalue weighted by molar-refractivity contribution is 7.99. The lowest BCUT2D eigenvalue weighted by Gasteiger charge is -2.33. The van der Waals surface area contributed by atoms with E-state index in [2.05, 4.69) is 58.7 Å². The van der Waals surface area contributed by atoms with Crippen molar-refractivity contribution in [1.29, 1.82) is 0 Å². The third kappa shape index (κ3) is 4.06. The summed E-state index contributed by atoms with van der Waals surface area (Å²) in [5.41, 5.74) is 2.46. The van der Waals surface area contributed by atoms with Crippen molar-refractivity contribution < 1.29 is 9.90 Å². The van der Waals surface area contributed by atoms with E-state index in [1.54, 1.807) is 4.90 Å². The minimum Gasteiger partial charge on any atom is -0.391 e. The molecule has 27 heavy (non-hydrogen) atoms. The Labute approximate surface area is 164 Å². The maximum atomic E-state index is 12.3. The number of para-hydroxylation sites is 2. The molecule has 0 aliphatic carbocycles. The van der Waals surface area contributed by atoms with Crippen LogP contribution >= 0.6 is 11.8 Å². The molecule has 2 N–H and O–H groups in total. The molecule has 0 aromatic heterocycles. The van der Waals surface area contributed by atoms with Gasteiger partial charge in [0.2, 0.25) is 0 Å². The summed E-state index contributed by atoms with van der Waals surface area (Å²) in [6.45, 7) is 2.64. The fraction of sp³-hybridized carbons (Fsp3) is 0.381. The lowest BCUT2D eigenvalue weighted by atomic mass is 10.1. The molecule has 2 amide bonds. The molecule has 2 aromatic carbocycles. The molecule has 0 radical (unpaired) electrons. The SMILES string of the molecule is O=C(NCCCN1c2ccccc2Sc2ccccc21)N1CCCC(O)C1. The lowest BCUT2D eigenvalue weighted by Crippen LogP contribution is -2.47. The van der Waals surface area contributed by atoms with Crippen molar-refractivity contribution in [2.45, 2.75) is 35.2 Å². The number of likely N-dealkylation sites (tertiary alicyclic amines) is 1. The smallest absolute Gasteiger partial charge is 0.317 e. The first-order valence-electron chi connectivity index (χ1n) is 9.56. The zero-order valence-electron chi connectivity index (χ0n) is 15.3. The van der Waals surface area contributed by atoms with Crippen LogP contribution in [0.5, 0.6) is 0 Å². The molecule has 6 heteroatoms. The second-order valence-electron chi connectivity index (χ2n) is 7.02. The Hall–Kier alpha value is -2.18. The number of nitrogens with zero attached hydrogens (tertiary/aromatic N) is 2. The number of carbonyl (C=O) groups is 1. The molecular formula is C21H25N3O2S. The minimum absolute atomic E-state index is 0.0660. The molecule has 1 fully saturated rings. The molecule has 2 aliphatic heterocycles. The number of aliphatic hydroxyl groups is 1. The number of piperidine rings is 1. The average molecular weight is 384 g/mol. The summed E-state index contributed by atoms with van der Waals surface area (Å²) >= 11 is 1.81. The lowest BCUT2D eigenvalue weighted by molar-refractivity contribution is 0.0843. The molecule has 0 spiro atoms. The molecule has 2 aliphatic rings. The predicted octanol–water partition coefficient (Wildman–Crippen LogP) is 3.85. The van der Waals surface area contributed by atoms with E-state index in [1.165, 1.54) is 21.2 Å². The Balaban J connectivity index is 1.36. The van der Waals surface area contributed by atoms with Crippen LogP contribution < -0.4 is 10.2 Å². The third-order valence-corrected chi connectivity index (χ3v) is 6.18. The van der Waals surface area contributed by atoms with Crippen LogP contribution in [0.3, 0.4) is 0 Å². The van der Waals surface area contributed by atoms with Gasteiger partial charge in [0.05, 0.1) is 17.5 Å². The number of β-amino-alcohol motifs (C(OH)–C–C–N with tert-alkyl or cyclic N) is 1. The standard InChI is InChI=1S/C21H25N3O2S/c25-16-7-5-13-23(15-16)21(26)22-12-6-14-24-17-8-1-3-10-19(17)27-20-11-4-2-9-18(20)24/h1-4,8-11,16,25H,5-7,12-15H2,(H,22,26). The summed E-state index contributed by atoms with van der Waals surface area (Å²) in [5, 5.41) is 12.7. The fourth-order valence-electron chi connectivity index (χ4n) is 3.71. The Morgan fingerprint density at radius 3 is 2.44 bits per heavy atom. The summed E-state index contributed by atoms with van der Waals surface area (Å²) in [6.07, 6.45) is 2.13. The minimum atomic E-state index is -0.386. The van der Waals surface area contributed by atoms with Crippen LogP contribution in [0, 0.1) is 0 Å². The van der Waals surface area contributed by atoms with Gasteiger partial charge in [0.25, 0.3) is 0 Å². The van der Waals surface area contributed by atoms with Gasteiger partial charge >= 0.3 is 6.03 Å². The number of rotatable bonds is 4. The van der Waals surface area contributed by atoms with E-state index < -0.39 is 0 Å². The second-order valence-corrected chi connectivity index (χ2v) is 8.10. The number of urea groups is 1. The third-order valence-electron chi connectivity index (χ3n) is 5.05. The van der Waals surface area contributed by atoms with E-state index in [0.717, 1.165) is 32.4 Å². The molecular weight excluding hydrogens is 358 g/mol. The maximum Gasteiger partial charge on any atom is 0.317 e. The molecule has 5 nitrogen and oxygen atoms in total. The van der Waals surface area contributed by atoms with E-state index in [0.29, 0.717) is 13.1 Å². The monoisotopic (exact) mass is 383 g/mol. The molecule has 4 rings (SSSR count). The van der Waals surface area contributed by atoms with Gasteiger partial charge in [0.15, 0.2) is 0 Å². The molecule has 1 saturated heterocycles. The first-order chi connectivity index (χ1) is 13.2. The van der Waals surface area contributed by atoms with Crippen molar-refractivity contribution in [2.24, 2.45) is 0 Å². The number of nitrogens with one attached hydrogen (secondary N) is 1. The van der Waals surface area contributed by atoms with E-state index in [1.807, 2.05) is 11.8 Å². The highest BCUT2D eigenvalue weighted by Crippen LogP contribution is 2.47. The summed E-state index contributed by atoms with van der Waals surface area (Å²) in [4.78, 5) is 18.9. The largest absolute Gasteiger partial charge is 0.391 e. The van der Waals surface area contributed by atoms with E-state index in [4.69, 9.17) is 0 Å². The van der Waals surface area contributed by atoms with Crippen molar-refractivity contribution >= 4 is 29.2 Å². The van der Waals surface area contributed by atoms with Gasteiger partial charge in [-0.25, -0.2) is 4.79 Å². The molecule has 142 valence electrons. The van der Waals surface area contributed by atoms with Crippen LogP contribution in [0.4, 0.5) is 16.2 Å². The number of amides is 2. The molecule has 2 heterocycles. The zero-order chi connectivity index (χ0) is 18.6. The Morgan fingerprint density at radius 2 is 1.78 bits per heavy atom. The van der Waals surface area contributed by atoms with Crippen LogP contribution in [-0.4, -0.2) is 48.3 Å². The topological polar surface area (TPSA) is 55.8 Å². The Kier molecular flexibility index (Phi) is 5.55. The van der Waals surface area contributed by atoms with Gasteiger partial charge in [-0.1, -0.05) is 36.0 Å². The maximum absolute atomic E-state index is 12.3. The Bertz CT molecular complexity index is 768. The van der Waals surface area contributed by atoms with Gasteiger partial charge in [0, 0.05) is 36.0 Å². The molecule has 1 unspecified atom stereocenters. The van der Waals surface area contributed by atoms with E-state index >= 15 is 0 Å². The summed E-state index contributed by atoms with van der Waals surface area (Å²) in [5.74, 6) is 0. The Morgan fingerprint density at radius 1 is 1.11 bits per heavy atom. The quantitative estimate of drug-likeness (QED) is 0.788. The van der Waals surface area contributed by atoms with Gasteiger partial charge in [0.1, 0.15) is 0 Å². The number of benzene rings is 2. The number of fused-ring (bicyclic) bond motifs is 2. The highest BCUT2D eigenvalue weighted by atomic mass is 32.2. The molecule has 0 saturated carbocycles. The normalized spacial score (nSPS) is 18.6. The number of aliphatic hydroxyl groups excluding tert-OH is 1. The number of anilines is 2. The number of hydrogen-bond acceptors (Lipinski definition) is 4. The summed E-state index contributed by atoms with van der Waals surface area (Å²) in [7, 11) is 0. The van der Waals surface area contributed by atoms with Crippen molar-refractivity contribution in [3.63, 3.8) is 0 Å². The van der Waals surface area contributed by atoms with Crippen LogP contribution in [0.2, 0.25) is 0 Å². The average Bonchev–Trinajstić information content (AvgIpc) is 2.70. The van der Waals surface area contributed by atoms with Crippen LogP contribution in [0.15, 0.2) is 58.3 Å². The first kappa shape index (κ1) is 18.2. The zero-order valence-corrected chi connectivity index (χ0v) is 16.1. The highest BCUT2D eigenvalue weighted by Gasteiger charge is 2.23. The van der Waals surface area contributed by atoms with Crippen LogP contribution in [-0.2, 0) is 0 Å². The van der Waals surface area contributed by atoms with Crippen molar-refractivity contribution in [2.75, 3.05) is 31.1 Å². The molecule has 0 bridgehead atoms. The fourth-order valence-corrected chi connectivity index (χ4v) is 4.80. The second kappa shape index (κ2) is 8.23. The molecule has 1 atom stereocenters. The summed E-state index contributed by atoms with van der Waals surface area (Å²) in [6, 6.07) is 16.9. The number of carbonyl (C=O) groups excluding carboxylic acids is 1. The predicted molar refractivity (Wildman–Crippen MR) is 109 cm³/mol. The van der Waals surface area contributed by atoms with Gasteiger partial charge in [-0.2, -0.15) is 0 Å². The summed E-state index contributed by atoms with van der Waals surface area (Å²) < 4.78 is 0. The van der Waals surface area contributed by atoms with Crippen LogP contribution in [0.1, 0.15) is 19.3 Å². The van der Waals surface area contributed by atoms with E-state index in [-0.39, 0.29) is 12.1 Å². The van der Waals surface area contributed by atoms with Crippen molar-refractivity contribution in [1.82, 2.24) is 10.2 Å². The van der Waals surface area contributed by atoms with Gasteiger partial charge < -0.3 is 20.2 Å². The van der Waals surface area contributed by atoms with Gasteiger partial charge in [-0.15, -0.1) is 0 Å². The van der Waals surface area contributed by atoms with Crippen molar-refractivity contribution in [3.8, 4) is 0 Å². The van der Waals surface area contributed by atoms with Gasteiger partial charge in [-0.3, -0.25) is 0 Å². The first-order valence-corrected chi connectivity index (χ1v) is 10.4. The molecule has 2 aromatic rings. The van der Waals surface area contributed by atoms with Gasteiger partial charge in [-0.05, 0) is 43.5 Å².